The van der Waals surface area contributed by atoms with Crippen LogP contribution in [0.3, 0.4) is 0 Å². The van der Waals surface area contributed by atoms with E-state index in [1.165, 1.54) is 6.07 Å². The number of halogens is 1. The van der Waals surface area contributed by atoms with Gasteiger partial charge in [-0.3, -0.25) is 14.9 Å². The highest BCUT2D eigenvalue weighted by Gasteiger charge is 2.22. The molecule has 0 aliphatic heterocycles. The lowest BCUT2D eigenvalue weighted by atomic mass is 10.0. The molecule has 5 nitrogen and oxygen atoms in total. The molecule has 0 aromatic heterocycles. The van der Waals surface area contributed by atoms with Crippen LogP contribution in [0, 0.1) is 10.1 Å². The largest absolute Gasteiger partial charge is 0.502 e. The van der Waals surface area contributed by atoms with Crippen molar-refractivity contribution >= 4 is 23.1 Å². The van der Waals surface area contributed by atoms with Gasteiger partial charge in [-0.1, -0.05) is 37.8 Å². The summed E-state index contributed by atoms with van der Waals surface area (Å²) >= 11 is 5.73. The Morgan fingerprint density at radius 2 is 2.05 bits per heavy atom. The first-order valence-corrected chi connectivity index (χ1v) is 6.55. The number of carbonyl (C=O) groups excluding carboxylic acids is 1. The molecule has 0 amide bonds. The number of unbranched alkanes of at least 4 members (excludes halogenated alkanes) is 3. The molecule has 0 heterocycles. The lowest BCUT2D eigenvalue weighted by molar-refractivity contribution is -0.385. The molecule has 0 spiro atoms. The minimum Gasteiger partial charge on any atom is -0.502 e. The van der Waals surface area contributed by atoms with Crippen molar-refractivity contribution in [2.75, 3.05) is 0 Å². The highest BCUT2D eigenvalue weighted by Crippen LogP contribution is 2.34. The van der Waals surface area contributed by atoms with Gasteiger partial charge in [0.15, 0.2) is 5.78 Å². The van der Waals surface area contributed by atoms with E-state index in [1.807, 2.05) is 0 Å². The Balaban J connectivity index is 2.88. The number of Topliss-reactive ketones (excluding diaryl/α,β-unsaturated/α-hetero) is 1. The van der Waals surface area contributed by atoms with Gasteiger partial charge in [0.2, 0.25) is 5.75 Å². The summed E-state index contributed by atoms with van der Waals surface area (Å²) < 4.78 is 0. The summed E-state index contributed by atoms with van der Waals surface area (Å²) in [6, 6.07) is 2.30. The van der Waals surface area contributed by atoms with Gasteiger partial charge in [-0.2, -0.15) is 0 Å². The molecule has 0 atom stereocenters. The molecule has 0 radical (unpaired) electrons. The molecule has 0 aliphatic rings. The third kappa shape index (κ3) is 4.21. The first kappa shape index (κ1) is 15.4. The van der Waals surface area contributed by atoms with Gasteiger partial charge in [-0.05, 0) is 12.5 Å². The first-order valence-electron chi connectivity index (χ1n) is 6.17. The van der Waals surface area contributed by atoms with E-state index in [-0.39, 0.29) is 22.8 Å². The van der Waals surface area contributed by atoms with Crippen molar-refractivity contribution in [2.45, 2.75) is 39.0 Å². The molecular weight excluding hydrogens is 270 g/mol. The Hall–Kier alpha value is -1.62. The van der Waals surface area contributed by atoms with Crippen LogP contribution in [0.5, 0.6) is 5.75 Å². The molecular formula is C13H16ClNO4. The van der Waals surface area contributed by atoms with E-state index in [4.69, 9.17) is 11.6 Å². The first-order chi connectivity index (χ1) is 8.97. The second kappa shape index (κ2) is 7.09. The molecule has 1 rings (SSSR count). The lowest BCUT2D eigenvalue weighted by Gasteiger charge is -2.05. The average Bonchev–Trinajstić information content (AvgIpc) is 2.36. The molecule has 6 heteroatoms. The summed E-state index contributed by atoms with van der Waals surface area (Å²) in [5, 5.41) is 20.5. The van der Waals surface area contributed by atoms with Crippen molar-refractivity contribution < 1.29 is 14.8 Å². The molecule has 19 heavy (non-hydrogen) atoms. The number of hydrogen-bond donors (Lipinski definition) is 1. The smallest absolute Gasteiger partial charge is 0.312 e. The molecule has 0 saturated carbocycles. The van der Waals surface area contributed by atoms with E-state index in [0.717, 1.165) is 25.3 Å². The topological polar surface area (TPSA) is 80.4 Å². The Morgan fingerprint density at radius 3 is 2.63 bits per heavy atom. The minimum absolute atomic E-state index is 0.0707. The molecule has 0 aliphatic carbocycles. The zero-order valence-electron chi connectivity index (χ0n) is 10.7. The zero-order valence-corrected chi connectivity index (χ0v) is 11.4. The number of benzene rings is 1. The van der Waals surface area contributed by atoms with E-state index in [0.29, 0.717) is 6.42 Å². The van der Waals surface area contributed by atoms with Crippen LogP contribution in [0.1, 0.15) is 49.4 Å². The maximum Gasteiger partial charge on any atom is 0.312 e. The number of nitrogens with zero attached hydrogens (tertiary/aromatic N) is 1. The molecule has 1 aromatic rings. The Bertz CT molecular complexity index is 488. The predicted molar refractivity (Wildman–Crippen MR) is 72.9 cm³/mol. The zero-order chi connectivity index (χ0) is 14.4. The van der Waals surface area contributed by atoms with Crippen LogP contribution >= 0.6 is 11.6 Å². The van der Waals surface area contributed by atoms with Crippen molar-refractivity contribution in [1.29, 1.82) is 0 Å². The quantitative estimate of drug-likeness (QED) is 0.354. The second-order valence-corrected chi connectivity index (χ2v) is 4.75. The van der Waals surface area contributed by atoms with Gasteiger partial charge in [0.05, 0.1) is 10.5 Å². The van der Waals surface area contributed by atoms with Crippen LogP contribution < -0.4 is 0 Å². The van der Waals surface area contributed by atoms with Crippen LogP contribution in [0.2, 0.25) is 5.02 Å². The normalized spacial score (nSPS) is 10.4. The highest BCUT2D eigenvalue weighted by molar-refractivity contribution is 6.31. The number of nitro groups is 1. The molecule has 0 fully saturated rings. The fourth-order valence-electron chi connectivity index (χ4n) is 1.78. The number of nitro benzene ring substituents is 1. The highest BCUT2D eigenvalue weighted by atomic mass is 35.5. The molecule has 104 valence electrons. The maximum atomic E-state index is 11.9. The third-order valence-corrected chi connectivity index (χ3v) is 3.03. The number of carbonyl (C=O) groups is 1. The molecule has 1 N–H and O–H groups in total. The number of aromatic hydroxyl groups is 1. The van der Waals surface area contributed by atoms with Crippen LogP contribution in [0.25, 0.3) is 0 Å². The van der Waals surface area contributed by atoms with Gasteiger partial charge >= 0.3 is 5.69 Å². The standard InChI is InChI=1S/C13H16ClNO4/c1-2-3-4-5-6-12(16)10-7-9(14)8-11(13(10)17)15(18)19/h7-8,17H,2-6H2,1H3. The van der Waals surface area contributed by atoms with Gasteiger partial charge in [0.25, 0.3) is 0 Å². The number of phenolic OH excluding ortho intramolecular Hbond substituents is 1. The summed E-state index contributed by atoms with van der Waals surface area (Å²) in [7, 11) is 0. The predicted octanol–water partition coefficient (Wildman–Crippen LogP) is 4.11. The van der Waals surface area contributed by atoms with E-state index in [1.54, 1.807) is 0 Å². The van der Waals surface area contributed by atoms with Crippen LogP contribution in [0.4, 0.5) is 5.69 Å². The Kier molecular flexibility index (Phi) is 5.76. The summed E-state index contributed by atoms with van der Waals surface area (Å²) in [5.74, 6) is -0.922. The van der Waals surface area contributed by atoms with Gasteiger partial charge in [0, 0.05) is 17.5 Å². The molecule has 1 aromatic carbocycles. The number of hydrogen-bond acceptors (Lipinski definition) is 4. The Labute approximate surface area is 116 Å². The Morgan fingerprint density at radius 1 is 1.37 bits per heavy atom. The lowest BCUT2D eigenvalue weighted by Crippen LogP contribution is -2.02. The van der Waals surface area contributed by atoms with E-state index in [9.17, 15) is 20.0 Å². The van der Waals surface area contributed by atoms with Gasteiger partial charge < -0.3 is 5.11 Å². The summed E-state index contributed by atoms with van der Waals surface area (Å²) in [6.45, 7) is 2.06. The van der Waals surface area contributed by atoms with Crippen LogP contribution in [-0.2, 0) is 0 Å². The van der Waals surface area contributed by atoms with Crippen molar-refractivity contribution in [3.8, 4) is 5.75 Å². The SMILES string of the molecule is CCCCCCC(=O)c1cc(Cl)cc([N+](=O)[O-])c1O. The van der Waals surface area contributed by atoms with E-state index in [2.05, 4.69) is 6.92 Å². The number of phenols is 1. The summed E-state index contributed by atoms with van der Waals surface area (Å²) in [6.07, 6.45) is 3.97. The van der Waals surface area contributed by atoms with Crippen molar-refractivity contribution in [1.82, 2.24) is 0 Å². The fourth-order valence-corrected chi connectivity index (χ4v) is 2.00. The van der Waals surface area contributed by atoms with Gasteiger partial charge in [-0.15, -0.1) is 0 Å². The monoisotopic (exact) mass is 285 g/mol. The second-order valence-electron chi connectivity index (χ2n) is 4.31. The van der Waals surface area contributed by atoms with E-state index >= 15 is 0 Å². The van der Waals surface area contributed by atoms with Crippen molar-refractivity contribution in [3.63, 3.8) is 0 Å². The van der Waals surface area contributed by atoms with Gasteiger partial charge in [-0.25, -0.2) is 0 Å². The molecule has 0 unspecified atom stereocenters. The molecule has 0 bridgehead atoms. The number of ketones is 1. The van der Waals surface area contributed by atoms with E-state index < -0.39 is 16.4 Å². The van der Waals surface area contributed by atoms with Crippen molar-refractivity contribution in [2.24, 2.45) is 0 Å². The van der Waals surface area contributed by atoms with Gasteiger partial charge in [0.1, 0.15) is 0 Å². The minimum atomic E-state index is -0.755. The van der Waals surface area contributed by atoms with Crippen LogP contribution in [-0.4, -0.2) is 15.8 Å². The fraction of sp³-hybridized carbons (Fsp3) is 0.462. The average molecular weight is 286 g/mol. The van der Waals surface area contributed by atoms with Crippen molar-refractivity contribution in [3.05, 3.63) is 32.8 Å². The third-order valence-electron chi connectivity index (χ3n) is 2.81. The summed E-state index contributed by atoms with van der Waals surface area (Å²) in [5.41, 5.74) is -0.611. The number of rotatable bonds is 7. The summed E-state index contributed by atoms with van der Waals surface area (Å²) in [4.78, 5) is 21.9. The maximum absolute atomic E-state index is 11.9. The molecule has 0 saturated heterocycles. The van der Waals surface area contributed by atoms with Crippen LogP contribution in [0.15, 0.2) is 12.1 Å².